The second-order valence-electron chi connectivity index (χ2n) is 5.22. The van der Waals surface area contributed by atoms with Gasteiger partial charge in [-0.15, -0.1) is 0 Å². The van der Waals surface area contributed by atoms with Gasteiger partial charge in [-0.2, -0.15) is 0 Å². The molecule has 1 amide bonds. The van der Waals surface area contributed by atoms with E-state index in [4.69, 9.17) is 10.5 Å². The number of nitrogens with one attached hydrogen (secondary N) is 1. The highest BCUT2D eigenvalue weighted by molar-refractivity contribution is 5.78. The number of carbonyl (C=O) groups is 1. The normalized spacial score (nSPS) is 23.9. The first-order chi connectivity index (χ1) is 8.77. The molecule has 0 aromatic rings. The smallest absolute Gasteiger partial charge is 0.223 e. The number of amides is 1. The van der Waals surface area contributed by atoms with Crippen LogP contribution in [0.25, 0.3) is 0 Å². The molecule has 3 N–H and O–H groups in total. The molecule has 1 rings (SSSR count). The van der Waals surface area contributed by atoms with E-state index in [0.717, 1.165) is 38.7 Å². The minimum Gasteiger partial charge on any atom is -0.380 e. The Morgan fingerprint density at radius 2 is 2.22 bits per heavy atom. The summed E-state index contributed by atoms with van der Waals surface area (Å²) in [6, 6.07) is 0. The summed E-state index contributed by atoms with van der Waals surface area (Å²) < 4.78 is 5.42. The van der Waals surface area contributed by atoms with Gasteiger partial charge in [-0.25, -0.2) is 0 Å². The number of nitrogens with two attached hydrogens (primary N) is 1. The standard InChI is InChI=1S/C14H28N2O2/c1-2-3-8-18-9-7-16-14(17)13-6-4-5-12(10-13)11-15/h12-13H,2-11,15H2,1H3,(H,16,17). The second kappa shape index (κ2) is 9.34. The number of hydrogen-bond donors (Lipinski definition) is 2. The van der Waals surface area contributed by atoms with E-state index >= 15 is 0 Å². The molecule has 0 radical (unpaired) electrons. The monoisotopic (exact) mass is 256 g/mol. The third-order valence-electron chi connectivity index (χ3n) is 3.67. The SMILES string of the molecule is CCCCOCCNC(=O)C1CCCC(CN)C1. The number of hydrogen-bond acceptors (Lipinski definition) is 3. The number of unbranched alkanes of at least 4 members (excludes halogenated alkanes) is 1. The average Bonchev–Trinajstić information content (AvgIpc) is 2.42. The third-order valence-corrected chi connectivity index (χ3v) is 3.67. The molecule has 1 aliphatic carbocycles. The van der Waals surface area contributed by atoms with Gasteiger partial charge in [-0.05, 0) is 38.1 Å². The van der Waals surface area contributed by atoms with E-state index in [1.54, 1.807) is 0 Å². The number of rotatable bonds is 8. The highest BCUT2D eigenvalue weighted by Crippen LogP contribution is 2.28. The molecule has 2 unspecified atom stereocenters. The molecule has 0 aromatic carbocycles. The van der Waals surface area contributed by atoms with Gasteiger partial charge in [0.05, 0.1) is 6.61 Å². The van der Waals surface area contributed by atoms with Crippen LogP contribution in [0, 0.1) is 11.8 Å². The van der Waals surface area contributed by atoms with Gasteiger partial charge >= 0.3 is 0 Å². The van der Waals surface area contributed by atoms with Crippen LogP contribution < -0.4 is 11.1 Å². The Morgan fingerprint density at radius 1 is 1.39 bits per heavy atom. The van der Waals surface area contributed by atoms with Crippen molar-refractivity contribution in [2.45, 2.75) is 45.4 Å². The average molecular weight is 256 g/mol. The van der Waals surface area contributed by atoms with E-state index in [1.165, 1.54) is 6.42 Å². The van der Waals surface area contributed by atoms with Crippen molar-refractivity contribution in [1.29, 1.82) is 0 Å². The number of ether oxygens (including phenoxy) is 1. The topological polar surface area (TPSA) is 64.3 Å². The van der Waals surface area contributed by atoms with Gasteiger partial charge in [0.2, 0.25) is 5.91 Å². The summed E-state index contributed by atoms with van der Waals surface area (Å²) >= 11 is 0. The Kier molecular flexibility index (Phi) is 8.01. The summed E-state index contributed by atoms with van der Waals surface area (Å²) in [6.07, 6.45) is 6.52. The molecule has 1 fully saturated rings. The molecular formula is C14H28N2O2. The summed E-state index contributed by atoms with van der Waals surface area (Å²) in [7, 11) is 0. The van der Waals surface area contributed by atoms with Crippen molar-refractivity contribution in [2.75, 3.05) is 26.3 Å². The van der Waals surface area contributed by atoms with Crippen LogP contribution in [0.4, 0.5) is 0 Å². The Balaban J connectivity index is 2.08. The van der Waals surface area contributed by atoms with E-state index < -0.39 is 0 Å². The Labute approximate surface area is 111 Å². The Bertz CT molecular complexity index is 234. The van der Waals surface area contributed by atoms with Gasteiger partial charge < -0.3 is 15.8 Å². The fraction of sp³-hybridized carbons (Fsp3) is 0.929. The largest absolute Gasteiger partial charge is 0.380 e. The first kappa shape index (κ1) is 15.4. The summed E-state index contributed by atoms with van der Waals surface area (Å²) in [4.78, 5) is 11.9. The maximum Gasteiger partial charge on any atom is 0.223 e. The maximum atomic E-state index is 11.9. The van der Waals surface area contributed by atoms with Crippen molar-refractivity contribution < 1.29 is 9.53 Å². The lowest BCUT2D eigenvalue weighted by atomic mass is 9.81. The Morgan fingerprint density at radius 3 is 2.94 bits per heavy atom. The van der Waals surface area contributed by atoms with Crippen LogP contribution in [-0.2, 0) is 9.53 Å². The van der Waals surface area contributed by atoms with Crippen molar-refractivity contribution in [3.8, 4) is 0 Å². The highest BCUT2D eigenvalue weighted by atomic mass is 16.5. The first-order valence-corrected chi connectivity index (χ1v) is 7.33. The van der Waals surface area contributed by atoms with Crippen LogP contribution in [0.3, 0.4) is 0 Å². The van der Waals surface area contributed by atoms with E-state index in [1.807, 2.05) is 0 Å². The van der Waals surface area contributed by atoms with Gasteiger partial charge in [0.25, 0.3) is 0 Å². The summed E-state index contributed by atoms with van der Waals surface area (Å²) in [5.41, 5.74) is 5.68. The molecule has 0 spiro atoms. The highest BCUT2D eigenvalue weighted by Gasteiger charge is 2.25. The van der Waals surface area contributed by atoms with Crippen molar-refractivity contribution >= 4 is 5.91 Å². The van der Waals surface area contributed by atoms with Crippen molar-refractivity contribution in [3.63, 3.8) is 0 Å². The molecule has 0 saturated heterocycles. The molecule has 1 aliphatic rings. The minimum atomic E-state index is 0.169. The van der Waals surface area contributed by atoms with Crippen LogP contribution in [0.1, 0.15) is 45.4 Å². The molecule has 1 saturated carbocycles. The molecule has 4 heteroatoms. The fourth-order valence-corrected chi connectivity index (χ4v) is 2.48. The molecule has 0 heterocycles. The molecule has 0 bridgehead atoms. The predicted octanol–water partition coefficient (Wildman–Crippen LogP) is 1.68. The van der Waals surface area contributed by atoms with Crippen LogP contribution in [0.2, 0.25) is 0 Å². The van der Waals surface area contributed by atoms with Crippen molar-refractivity contribution in [3.05, 3.63) is 0 Å². The van der Waals surface area contributed by atoms with Crippen LogP contribution in [0.15, 0.2) is 0 Å². The van der Waals surface area contributed by atoms with Gasteiger partial charge in [0.1, 0.15) is 0 Å². The van der Waals surface area contributed by atoms with E-state index in [9.17, 15) is 4.79 Å². The van der Waals surface area contributed by atoms with Gasteiger partial charge in [0, 0.05) is 19.1 Å². The fourth-order valence-electron chi connectivity index (χ4n) is 2.48. The van der Waals surface area contributed by atoms with E-state index in [0.29, 0.717) is 25.6 Å². The molecule has 0 aromatic heterocycles. The number of carbonyl (C=O) groups excluding carboxylic acids is 1. The minimum absolute atomic E-state index is 0.169. The molecular weight excluding hydrogens is 228 g/mol. The summed E-state index contributed by atoms with van der Waals surface area (Å²) in [5, 5.41) is 2.97. The van der Waals surface area contributed by atoms with Gasteiger partial charge in [-0.1, -0.05) is 19.8 Å². The van der Waals surface area contributed by atoms with Gasteiger partial charge in [-0.3, -0.25) is 4.79 Å². The third kappa shape index (κ3) is 5.83. The van der Waals surface area contributed by atoms with Crippen LogP contribution in [0.5, 0.6) is 0 Å². The zero-order valence-corrected chi connectivity index (χ0v) is 11.6. The lowest BCUT2D eigenvalue weighted by Gasteiger charge is -2.27. The van der Waals surface area contributed by atoms with E-state index in [2.05, 4.69) is 12.2 Å². The lowest BCUT2D eigenvalue weighted by molar-refractivity contribution is -0.126. The zero-order chi connectivity index (χ0) is 13.2. The van der Waals surface area contributed by atoms with Crippen molar-refractivity contribution in [1.82, 2.24) is 5.32 Å². The molecule has 4 nitrogen and oxygen atoms in total. The predicted molar refractivity (Wildman–Crippen MR) is 73.2 cm³/mol. The molecule has 2 atom stereocenters. The first-order valence-electron chi connectivity index (χ1n) is 7.33. The lowest BCUT2D eigenvalue weighted by Crippen LogP contribution is -2.36. The molecule has 106 valence electrons. The molecule has 0 aliphatic heterocycles. The maximum absolute atomic E-state index is 11.9. The van der Waals surface area contributed by atoms with Crippen molar-refractivity contribution in [2.24, 2.45) is 17.6 Å². The zero-order valence-electron chi connectivity index (χ0n) is 11.6. The van der Waals surface area contributed by atoms with Gasteiger partial charge in [0.15, 0.2) is 0 Å². The quantitative estimate of drug-likeness (QED) is 0.649. The Hall–Kier alpha value is -0.610. The van der Waals surface area contributed by atoms with Crippen LogP contribution in [-0.4, -0.2) is 32.2 Å². The van der Waals surface area contributed by atoms with Crippen LogP contribution >= 0.6 is 0 Å². The molecule has 18 heavy (non-hydrogen) atoms. The van der Waals surface area contributed by atoms with E-state index in [-0.39, 0.29) is 11.8 Å². The summed E-state index contributed by atoms with van der Waals surface area (Å²) in [6.45, 7) is 4.90. The second-order valence-corrected chi connectivity index (χ2v) is 5.22. The summed E-state index contributed by atoms with van der Waals surface area (Å²) in [5.74, 6) is 0.894.